The third-order valence-corrected chi connectivity index (χ3v) is 3.20. The fourth-order valence-electron chi connectivity index (χ4n) is 2.02. The van der Waals surface area contributed by atoms with Crippen molar-refractivity contribution in [3.05, 3.63) is 29.8 Å². The molecule has 2 unspecified atom stereocenters. The first-order valence-electron chi connectivity index (χ1n) is 6.01. The molecule has 0 saturated heterocycles. The zero-order chi connectivity index (χ0) is 12.5. The smallest absolute Gasteiger partial charge is 0.231 e. The van der Waals surface area contributed by atoms with Gasteiger partial charge in [0.15, 0.2) is 0 Å². The topological polar surface area (TPSA) is 75.6 Å². The Morgan fingerprint density at radius 1 is 1.56 bits per heavy atom. The van der Waals surface area contributed by atoms with Gasteiger partial charge in [0.1, 0.15) is 5.69 Å². The Bertz CT molecular complexity index is 613. The molecule has 5 heteroatoms. The lowest BCUT2D eigenvalue weighted by atomic mass is 10.1. The Morgan fingerprint density at radius 2 is 2.44 bits per heavy atom. The van der Waals surface area contributed by atoms with E-state index in [9.17, 15) is 0 Å². The van der Waals surface area contributed by atoms with E-state index in [0.717, 1.165) is 24.1 Å². The Hall–Kier alpha value is -2.22. The average Bonchev–Trinajstić information content (AvgIpc) is 3.06. The molecule has 0 aromatic carbocycles. The summed E-state index contributed by atoms with van der Waals surface area (Å²) in [4.78, 5) is 8.66. The summed E-state index contributed by atoms with van der Waals surface area (Å²) in [5, 5.41) is 12.8. The summed E-state index contributed by atoms with van der Waals surface area (Å²) in [6.45, 7) is 2.06. The maximum absolute atomic E-state index is 8.79. The molecule has 1 aliphatic carbocycles. The standard InChI is InChI=1S/C13H12N4O/c1-2-8-4-3-5-15-11(8)12-16-13(18-17-12)10-6-9(10)7-14/h3-5,9-10H,2,6H2,1H3. The zero-order valence-electron chi connectivity index (χ0n) is 10.00. The summed E-state index contributed by atoms with van der Waals surface area (Å²) in [5.41, 5.74) is 1.86. The van der Waals surface area contributed by atoms with Crippen LogP contribution in [0.1, 0.15) is 30.7 Å². The van der Waals surface area contributed by atoms with Gasteiger partial charge in [0.25, 0.3) is 0 Å². The van der Waals surface area contributed by atoms with E-state index in [0.29, 0.717) is 11.7 Å². The van der Waals surface area contributed by atoms with Crippen molar-refractivity contribution in [2.75, 3.05) is 0 Å². The maximum Gasteiger partial charge on any atom is 0.231 e. The lowest BCUT2D eigenvalue weighted by Crippen LogP contribution is -1.93. The predicted molar refractivity (Wildman–Crippen MR) is 63.4 cm³/mol. The first-order valence-corrected chi connectivity index (χ1v) is 6.01. The van der Waals surface area contributed by atoms with Crippen LogP contribution in [0.25, 0.3) is 11.5 Å². The quantitative estimate of drug-likeness (QED) is 0.822. The van der Waals surface area contributed by atoms with E-state index in [-0.39, 0.29) is 11.8 Å². The van der Waals surface area contributed by atoms with Gasteiger partial charge in [-0.25, -0.2) is 0 Å². The lowest BCUT2D eigenvalue weighted by Gasteiger charge is -2.00. The molecule has 0 spiro atoms. The van der Waals surface area contributed by atoms with Crippen molar-refractivity contribution >= 4 is 0 Å². The second-order valence-corrected chi connectivity index (χ2v) is 4.40. The minimum atomic E-state index is 0.0349. The van der Waals surface area contributed by atoms with Gasteiger partial charge in [-0.3, -0.25) is 4.98 Å². The summed E-state index contributed by atoms with van der Waals surface area (Å²) < 4.78 is 5.22. The van der Waals surface area contributed by atoms with Gasteiger partial charge in [0.05, 0.1) is 17.9 Å². The van der Waals surface area contributed by atoms with Crippen LogP contribution in [0.2, 0.25) is 0 Å². The summed E-state index contributed by atoms with van der Waals surface area (Å²) in [7, 11) is 0. The van der Waals surface area contributed by atoms with Crippen molar-refractivity contribution in [2.24, 2.45) is 5.92 Å². The summed E-state index contributed by atoms with van der Waals surface area (Å²) in [5.74, 6) is 1.23. The van der Waals surface area contributed by atoms with Gasteiger partial charge < -0.3 is 4.52 Å². The van der Waals surface area contributed by atoms with Crippen LogP contribution in [-0.4, -0.2) is 15.1 Å². The molecule has 1 fully saturated rings. The number of hydrogen-bond acceptors (Lipinski definition) is 5. The van der Waals surface area contributed by atoms with Crippen LogP contribution in [0.5, 0.6) is 0 Å². The summed E-state index contributed by atoms with van der Waals surface area (Å²) in [6, 6.07) is 6.12. The summed E-state index contributed by atoms with van der Waals surface area (Å²) >= 11 is 0. The number of aromatic nitrogens is 3. The average molecular weight is 240 g/mol. The fraction of sp³-hybridized carbons (Fsp3) is 0.385. The van der Waals surface area contributed by atoms with Gasteiger partial charge >= 0.3 is 0 Å². The number of hydrogen-bond donors (Lipinski definition) is 0. The molecule has 0 amide bonds. The highest BCUT2D eigenvalue weighted by Crippen LogP contribution is 2.46. The molecule has 2 heterocycles. The van der Waals surface area contributed by atoms with Crippen LogP contribution >= 0.6 is 0 Å². The zero-order valence-corrected chi connectivity index (χ0v) is 10.00. The van der Waals surface area contributed by atoms with Gasteiger partial charge in [-0.05, 0) is 24.5 Å². The third-order valence-electron chi connectivity index (χ3n) is 3.20. The van der Waals surface area contributed by atoms with E-state index in [1.807, 2.05) is 12.1 Å². The van der Waals surface area contributed by atoms with Crippen LogP contribution in [0.4, 0.5) is 0 Å². The molecule has 5 nitrogen and oxygen atoms in total. The molecule has 2 atom stereocenters. The second kappa shape index (κ2) is 4.22. The molecule has 0 N–H and O–H groups in total. The van der Waals surface area contributed by atoms with Crippen molar-refractivity contribution < 1.29 is 4.52 Å². The monoisotopic (exact) mass is 240 g/mol. The molecule has 0 aliphatic heterocycles. The van der Waals surface area contributed by atoms with Gasteiger partial charge in [0, 0.05) is 6.20 Å². The Balaban J connectivity index is 1.92. The molecule has 3 rings (SSSR count). The molecule has 0 radical (unpaired) electrons. The van der Waals surface area contributed by atoms with Gasteiger partial charge in [0.2, 0.25) is 11.7 Å². The lowest BCUT2D eigenvalue weighted by molar-refractivity contribution is 0.378. The predicted octanol–water partition coefficient (Wildman–Crippen LogP) is 2.32. The molecule has 90 valence electrons. The van der Waals surface area contributed by atoms with E-state index in [1.165, 1.54) is 0 Å². The Labute approximate surface area is 104 Å². The molecule has 0 bridgehead atoms. The van der Waals surface area contributed by atoms with E-state index in [4.69, 9.17) is 9.78 Å². The number of rotatable bonds is 3. The van der Waals surface area contributed by atoms with Crippen LogP contribution in [0.3, 0.4) is 0 Å². The maximum atomic E-state index is 8.79. The highest BCUT2D eigenvalue weighted by Gasteiger charge is 2.43. The molecule has 2 aromatic rings. The highest BCUT2D eigenvalue weighted by molar-refractivity contribution is 5.53. The van der Waals surface area contributed by atoms with Crippen LogP contribution in [0, 0.1) is 17.2 Å². The van der Waals surface area contributed by atoms with Gasteiger partial charge in [-0.1, -0.05) is 18.1 Å². The van der Waals surface area contributed by atoms with Crippen molar-refractivity contribution in [1.29, 1.82) is 5.26 Å². The van der Waals surface area contributed by atoms with Crippen molar-refractivity contribution in [2.45, 2.75) is 25.7 Å². The fourth-order valence-corrected chi connectivity index (χ4v) is 2.02. The normalized spacial score (nSPS) is 21.6. The first-order chi connectivity index (χ1) is 8.83. The molecule has 1 saturated carbocycles. The summed E-state index contributed by atoms with van der Waals surface area (Å²) in [6.07, 6.45) is 3.41. The van der Waals surface area contributed by atoms with Crippen LogP contribution < -0.4 is 0 Å². The van der Waals surface area contributed by atoms with Crippen LogP contribution in [0.15, 0.2) is 22.9 Å². The SMILES string of the molecule is CCc1cccnc1-c1noc(C2CC2C#N)n1. The highest BCUT2D eigenvalue weighted by atomic mass is 16.5. The van der Waals surface area contributed by atoms with Gasteiger partial charge in [-0.2, -0.15) is 10.2 Å². The molecule has 1 aliphatic rings. The second-order valence-electron chi connectivity index (χ2n) is 4.40. The largest absolute Gasteiger partial charge is 0.339 e. The third kappa shape index (κ3) is 1.76. The van der Waals surface area contributed by atoms with E-state index in [1.54, 1.807) is 6.20 Å². The van der Waals surface area contributed by atoms with E-state index >= 15 is 0 Å². The van der Waals surface area contributed by atoms with E-state index in [2.05, 4.69) is 28.1 Å². The molecular formula is C13H12N4O. The van der Waals surface area contributed by atoms with Crippen LogP contribution in [-0.2, 0) is 6.42 Å². The number of nitrogens with zero attached hydrogens (tertiary/aromatic N) is 4. The minimum absolute atomic E-state index is 0.0349. The molecule has 2 aromatic heterocycles. The number of aryl methyl sites for hydroxylation is 1. The number of nitriles is 1. The van der Waals surface area contributed by atoms with E-state index < -0.39 is 0 Å². The molecule has 18 heavy (non-hydrogen) atoms. The minimum Gasteiger partial charge on any atom is -0.339 e. The van der Waals surface area contributed by atoms with Crippen molar-refractivity contribution in [3.63, 3.8) is 0 Å². The molecular weight excluding hydrogens is 228 g/mol. The van der Waals surface area contributed by atoms with Crippen molar-refractivity contribution in [1.82, 2.24) is 15.1 Å². The van der Waals surface area contributed by atoms with Crippen molar-refractivity contribution in [3.8, 4) is 17.6 Å². The number of pyridine rings is 1. The van der Waals surface area contributed by atoms with Gasteiger partial charge in [-0.15, -0.1) is 0 Å². The Morgan fingerprint density at radius 3 is 3.17 bits per heavy atom. The Kier molecular flexibility index (Phi) is 2.56. The first kappa shape index (κ1) is 10.9.